The lowest BCUT2D eigenvalue weighted by Gasteiger charge is -2.24. The van der Waals surface area contributed by atoms with Crippen molar-refractivity contribution >= 4 is 11.9 Å². The molecular weight excluding hydrogens is 459 g/mol. The number of halogens is 3. The Kier molecular flexibility index (Phi) is 8.17. The molecule has 0 saturated carbocycles. The predicted molar refractivity (Wildman–Crippen MR) is 126 cm³/mol. The van der Waals surface area contributed by atoms with Gasteiger partial charge in [0, 0.05) is 18.7 Å². The molecule has 0 atom stereocenters. The molecule has 0 radical (unpaired) electrons. The van der Waals surface area contributed by atoms with Crippen molar-refractivity contribution in [2.45, 2.75) is 32.5 Å². The van der Waals surface area contributed by atoms with Crippen LogP contribution < -0.4 is 4.74 Å². The monoisotopic (exact) mass is 485 g/mol. The smallest absolute Gasteiger partial charge is 0.416 e. The SMILES string of the molecule is CCN(Cc1cc(C(F)(F)F)ccc1-c1cc(CC(=O)O)ccc1OC)C(=O)Cc1ccccc1. The number of carboxylic acid groups (broad SMARTS) is 1. The van der Waals surface area contributed by atoms with Crippen LogP contribution >= 0.6 is 0 Å². The first-order valence-corrected chi connectivity index (χ1v) is 11.0. The Balaban J connectivity index is 2.06. The highest BCUT2D eigenvalue weighted by Gasteiger charge is 2.31. The Morgan fingerprint density at radius 3 is 2.23 bits per heavy atom. The van der Waals surface area contributed by atoms with Crippen LogP contribution in [0.15, 0.2) is 66.7 Å². The first kappa shape index (κ1) is 25.8. The van der Waals surface area contributed by atoms with Crippen LogP contribution in [0.3, 0.4) is 0 Å². The molecule has 0 heterocycles. The predicted octanol–water partition coefficient (Wildman–Crippen LogP) is 5.60. The molecule has 3 aromatic rings. The molecule has 0 aliphatic heterocycles. The fraction of sp³-hybridized carbons (Fsp3) is 0.259. The molecule has 3 aromatic carbocycles. The number of alkyl halides is 3. The summed E-state index contributed by atoms with van der Waals surface area (Å²) in [4.78, 5) is 25.7. The summed E-state index contributed by atoms with van der Waals surface area (Å²) in [7, 11) is 1.43. The van der Waals surface area contributed by atoms with Crippen molar-refractivity contribution in [1.29, 1.82) is 0 Å². The number of rotatable bonds is 9. The molecule has 5 nitrogen and oxygen atoms in total. The van der Waals surface area contributed by atoms with Crippen LogP contribution in [-0.2, 0) is 35.2 Å². The molecule has 1 amide bonds. The number of carbonyl (C=O) groups excluding carboxylic acids is 1. The summed E-state index contributed by atoms with van der Waals surface area (Å²) < 4.78 is 46.1. The summed E-state index contributed by atoms with van der Waals surface area (Å²) in [5, 5.41) is 9.17. The van der Waals surface area contributed by atoms with Gasteiger partial charge in [0.05, 0.1) is 25.5 Å². The highest BCUT2D eigenvalue weighted by Crippen LogP contribution is 2.38. The molecule has 184 valence electrons. The maximum Gasteiger partial charge on any atom is 0.416 e. The van der Waals surface area contributed by atoms with E-state index in [0.717, 1.165) is 17.7 Å². The minimum absolute atomic E-state index is 0.0479. The fourth-order valence-corrected chi connectivity index (χ4v) is 3.88. The number of carboxylic acids is 1. The van der Waals surface area contributed by atoms with Crippen molar-refractivity contribution in [3.8, 4) is 16.9 Å². The molecule has 8 heteroatoms. The van der Waals surface area contributed by atoms with Gasteiger partial charge in [0.15, 0.2) is 0 Å². The van der Waals surface area contributed by atoms with Crippen LogP contribution in [0.4, 0.5) is 13.2 Å². The number of amides is 1. The topological polar surface area (TPSA) is 66.8 Å². The Hall–Kier alpha value is -3.81. The van der Waals surface area contributed by atoms with Gasteiger partial charge in [0.25, 0.3) is 0 Å². The van der Waals surface area contributed by atoms with E-state index in [-0.39, 0.29) is 30.9 Å². The second kappa shape index (κ2) is 11.1. The lowest BCUT2D eigenvalue weighted by Crippen LogP contribution is -2.32. The zero-order chi connectivity index (χ0) is 25.6. The second-order valence-electron chi connectivity index (χ2n) is 8.05. The van der Waals surface area contributed by atoms with Crippen molar-refractivity contribution in [2.24, 2.45) is 0 Å². The molecule has 0 saturated heterocycles. The molecule has 0 unspecified atom stereocenters. The minimum Gasteiger partial charge on any atom is -0.496 e. The molecule has 1 N–H and O–H groups in total. The van der Waals surface area contributed by atoms with Crippen LogP contribution in [0.1, 0.15) is 29.2 Å². The van der Waals surface area contributed by atoms with E-state index in [1.807, 2.05) is 30.3 Å². The molecule has 3 rings (SSSR count). The minimum atomic E-state index is -4.56. The summed E-state index contributed by atoms with van der Waals surface area (Å²) in [6.07, 6.45) is -4.68. The number of aliphatic carboxylic acids is 1. The van der Waals surface area contributed by atoms with Crippen LogP contribution in [0.2, 0.25) is 0 Å². The number of ether oxygens (including phenoxy) is 1. The second-order valence-corrected chi connectivity index (χ2v) is 8.05. The summed E-state index contributed by atoms with van der Waals surface area (Å²) >= 11 is 0. The van der Waals surface area contributed by atoms with E-state index in [1.54, 1.807) is 25.1 Å². The zero-order valence-corrected chi connectivity index (χ0v) is 19.4. The van der Waals surface area contributed by atoms with Gasteiger partial charge in [-0.1, -0.05) is 42.5 Å². The number of benzene rings is 3. The number of nitrogens with zero attached hydrogens (tertiary/aromatic N) is 1. The number of hydrogen-bond donors (Lipinski definition) is 1. The van der Waals surface area contributed by atoms with Gasteiger partial charge in [0.2, 0.25) is 5.91 Å². The van der Waals surface area contributed by atoms with Gasteiger partial charge in [-0.3, -0.25) is 9.59 Å². The highest BCUT2D eigenvalue weighted by atomic mass is 19.4. The Labute approximate surface area is 201 Å². The van der Waals surface area contributed by atoms with Crippen molar-refractivity contribution < 1.29 is 32.6 Å². The third kappa shape index (κ3) is 6.62. The zero-order valence-electron chi connectivity index (χ0n) is 19.4. The van der Waals surface area contributed by atoms with Gasteiger partial charge >= 0.3 is 12.1 Å². The van der Waals surface area contributed by atoms with Crippen molar-refractivity contribution in [3.05, 3.63) is 89.0 Å². The van der Waals surface area contributed by atoms with E-state index in [4.69, 9.17) is 9.84 Å². The van der Waals surface area contributed by atoms with Gasteiger partial charge in [0.1, 0.15) is 5.75 Å². The summed E-state index contributed by atoms with van der Waals surface area (Å²) in [6, 6.07) is 17.3. The quantitative estimate of drug-likeness (QED) is 0.429. The third-order valence-corrected chi connectivity index (χ3v) is 5.64. The van der Waals surface area contributed by atoms with Gasteiger partial charge in [-0.05, 0) is 53.4 Å². The van der Waals surface area contributed by atoms with E-state index in [1.165, 1.54) is 18.1 Å². The van der Waals surface area contributed by atoms with Crippen molar-refractivity contribution in [2.75, 3.05) is 13.7 Å². The molecule has 0 fully saturated rings. The summed E-state index contributed by atoms with van der Waals surface area (Å²) in [6.45, 7) is 2.02. The van der Waals surface area contributed by atoms with Crippen LogP contribution in [0.5, 0.6) is 5.75 Å². The Morgan fingerprint density at radius 2 is 1.63 bits per heavy atom. The van der Waals surface area contributed by atoms with Crippen molar-refractivity contribution in [1.82, 2.24) is 4.90 Å². The third-order valence-electron chi connectivity index (χ3n) is 5.64. The van der Waals surface area contributed by atoms with Gasteiger partial charge < -0.3 is 14.7 Å². The van der Waals surface area contributed by atoms with Crippen molar-refractivity contribution in [3.63, 3.8) is 0 Å². The highest BCUT2D eigenvalue weighted by molar-refractivity contribution is 5.80. The van der Waals surface area contributed by atoms with Gasteiger partial charge in [-0.2, -0.15) is 13.2 Å². The molecule has 0 aromatic heterocycles. The largest absolute Gasteiger partial charge is 0.496 e. The normalized spacial score (nSPS) is 11.2. The number of methoxy groups -OCH3 is 1. The first-order valence-electron chi connectivity index (χ1n) is 11.0. The van der Waals surface area contributed by atoms with Crippen LogP contribution in [-0.4, -0.2) is 35.5 Å². The molecule has 0 aliphatic carbocycles. The summed E-state index contributed by atoms with van der Waals surface area (Å²) in [5.41, 5.74) is 1.64. The maximum absolute atomic E-state index is 13.5. The number of carbonyl (C=O) groups is 2. The maximum atomic E-state index is 13.5. The molecule has 0 spiro atoms. The van der Waals surface area contributed by atoms with E-state index >= 15 is 0 Å². The Bertz CT molecular complexity index is 1190. The van der Waals surface area contributed by atoms with Crippen LogP contribution in [0, 0.1) is 0 Å². The number of hydrogen-bond acceptors (Lipinski definition) is 3. The lowest BCUT2D eigenvalue weighted by molar-refractivity contribution is -0.138. The lowest BCUT2D eigenvalue weighted by atomic mass is 9.94. The molecule has 0 aliphatic rings. The van der Waals surface area contributed by atoms with Gasteiger partial charge in [-0.15, -0.1) is 0 Å². The number of likely N-dealkylation sites (N-methyl/N-ethyl adjacent to an activating group) is 1. The van der Waals surface area contributed by atoms with E-state index in [2.05, 4.69) is 0 Å². The first-order chi connectivity index (χ1) is 16.6. The average molecular weight is 486 g/mol. The molecule has 35 heavy (non-hydrogen) atoms. The molecular formula is C27H26F3NO4. The molecule has 0 bridgehead atoms. The standard InChI is InChI=1S/C27H26F3NO4/c1-3-31(25(32)14-18-7-5-4-6-8-18)17-20-16-21(27(28,29)30)10-11-22(20)23-13-19(15-26(33)34)9-12-24(23)35-2/h4-13,16H,3,14-15,17H2,1-2H3,(H,33,34). The van der Waals surface area contributed by atoms with E-state index in [9.17, 15) is 22.8 Å². The average Bonchev–Trinajstić information content (AvgIpc) is 2.82. The van der Waals surface area contributed by atoms with Gasteiger partial charge in [-0.25, -0.2) is 0 Å². The van der Waals surface area contributed by atoms with E-state index < -0.39 is 17.7 Å². The fourth-order valence-electron chi connectivity index (χ4n) is 3.88. The van der Waals surface area contributed by atoms with E-state index in [0.29, 0.717) is 29.0 Å². The summed E-state index contributed by atoms with van der Waals surface area (Å²) in [5.74, 6) is -0.857. The van der Waals surface area contributed by atoms with Crippen LogP contribution in [0.25, 0.3) is 11.1 Å². The Morgan fingerprint density at radius 1 is 0.914 bits per heavy atom.